The number of hydrogen-bond donors (Lipinski definition) is 0. The van der Waals surface area contributed by atoms with Crippen molar-refractivity contribution >= 4 is 17.3 Å². The van der Waals surface area contributed by atoms with Gasteiger partial charge in [0.05, 0.1) is 11.5 Å². The molecule has 0 fully saturated rings. The number of nitro benzene ring substituents is 1. The van der Waals surface area contributed by atoms with Gasteiger partial charge < -0.3 is 9.30 Å². The Bertz CT molecular complexity index is 684. The first-order chi connectivity index (χ1) is 9.58. The zero-order valence-electron chi connectivity index (χ0n) is 10.4. The molecule has 104 valence electrons. The van der Waals surface area contributed by atoms with E-state index in [0.717, 1.165) is 0 Å². The van der Waals surface area contributed by atoms with Gasteiger partial charge in [-0.15, -0.1) is 0 Å². The van der Waals surface area contributed by atoms with Crippen LogP contribution in [0, 0.1) is 10.1 Å². The largest absolute Gasteiger partial charge is 0.485 e. The number of nitrogens with zero attached hydrogens (tertiary/aromatic N) is 2. The van der Waals surface area contributed by atoms with Crippen LogP contribution in [-0.4, -0.2) is 16.1 Å². The third kappa shape index (κ3) is 3.36. The Morgan fingerprint density at radius 1 is 1.30 bits per heavy atom. The van der Waals surface area contributed by atoms with E-state index in [1.165, 1.54) is 28.8 Å². The molecule has 2 rings (SSSR count). The Morgan fingerprint density at radius 3 is 2.80 bits per heavy atom. The number of pyridine rings is 1. The molecule has 0 radical (unpaired) electrons. The van der Waals surface area contributed by atoms with E-state index in [0.29, 0.717) is 11.6 Å². The van der Waals surface area contributed by atoms with Crippen molar-refractivity contribution < 1.29 is 9.66 Å². The lowest BCUT2D eigenvalue weighted by atomic mass is 10.3. The fraction of sp³-hybridized carbons (Fsp3) is 0.154. The second-order valence-corrected chi connectivity index (χ2v) is 4.39. The van der Waals surface area contributed by atoms with Crippen molar-refractivity contribution in [2.45, 2.75) is 6.54 Å². The number of ether oxygens (including phenoxy) is 1. The van der Waals surface area contributed by atoms with E-state index in [9.17, 15) is 14.9 Å². The molecule has 1 aromatic carbocycles. The highest BCUT2D eigenvalue weighted by molar-refractivity contribution is 6.30. The fourth-order valence-electron chi connectivity index (χ4n) is 1.65. The van der Waals surface area contributed by atoms with Crippen molar-refractivity contribution in [1.29, 1.82) is 0 Å². The summed E-state index contributed by atoms with van der Waals surface area (Å²) in [6.07, 6.45) is 1.62. The zero-order chi connectivity index (χ0) is 14.5. The van der Waals surface area contributed by atoms with Gasteiger partial charge in [-0.3, -0.25) is 14.9 Å². The summed E-state index contributed by atoms with van der Waals surface area (Å²) in [5.74, 6) is 0.0893. The molecule has 6 nitrogen and oxygen atoms in total. The number of halogens is 1. The Labute approximate surface area is 119 Å². The third-order valence-electron chi connectivity index (χ3n) is 2.61. The molecule has 0 aliphatic rings. The second kappa shape index (κ2) is 6.21. The lowest BCUT2D eigenvalue weighted by molar-refractivity contribution is -0.385. The minimum absolute atomic E-state index is 0.0893. The smallest absolute Gasteiger partial charge is 0.311 e. The van der Waals surface area contributed by atoms with Crippen LogP contribution in [0.3, 0.4) is 0 Å². The Balaban J connectivity index is 2.08. The van der Waals surface area contributed by atoms with Crippen LogP contribution in [0.4, 0.5) is 5.69 Å². The molecule has 0 aliphatic heterocycles. The first-order valence-electron chi connectivity index (χ1n) is 5.80. The molecule has 0 saturated carbocycles. The van der Waals surface area contributed by atoms with Crippen LogP contribution in [0.25, 0.3) is 0 Å². The maximum Gasteiger partial charge on any atom is 0.311 e. The van der Waals surface area contributed by atoms with E-state index >= 15 is 0 Å². The molecule has 1 aromatic heterocycles. The minimum Gasteiger partial charge on any atom is -0.485 e. The van der Waals surface area contributed by atoms with Gasteiger partial charge in [0, 0.05) is 29.4 Å². The normalized spacial score (nSPS) is 10.2. The predicted molar refractivity (Wildman–Crippen MR) is 74.3 cm³/mol. The van der Waals surface area contributed by atoms with Gasteiger partial charge >= 0.3 is 5.69 Å². The average molecular weight is 295 g/mol. The summed E-state index contributed by atoms with van der Waals surface area (Å²) >= 11 is 5.78. The van der Waals surface area contributed by atoms with Gasteiger partial charge in [-0.2, -0.15) is 0 Å². The van der Waals surface area contributed by atoms with Gasteiger partial charge in [0.25, 0.3) is 5.56 Å². The SMILES string of the molecule is O=c1ccccn1CCOc1cc(Cl)ccc1[N+](=O)[O-]. The maximum absolute atomic E-state index is 11.5. The molecule has 0 amide bonds. The monoisotopic (exact) mass is 294 g/mol. The molecule has 1 heterocycles. The lowest BCUT2D eigenvalue weighted by Crippen LogP contribution is -2.21. The van der Waals surface area contributed by atoms with Crippen LogP contribution in [0.1, 0.15) is 0 Å². The molecule has 2 aromatic rings. The van der Waals surface area contributed by atoms with Crippen molar-refractivity contribution in [2.24, 2.45) is 0 Å². The van der Waals surface area contributed by atoms with Gasteiger partial charge in [-0.05, 0) is 12.1 Å². The van der Waals surface area contributed by atoms with Gasteiger partial charge in [0.2, 0.25) is 0 Å². The molecule has 0 N–H and O–H groups in total. The molecule has 20 heavy (non-hydrogen) atoms. The van der Waals surface area contributed by atoms with E-state index in [2.05, 4.69) is 0 Å². The summed E-state index contributed by atoms with van der Waals surface area (Å²) < 4.78 is 6.81. The first-order valence-corrected chi connectivity index (χ1v) is 6.18. The summed E-state index contributed by atoms with van der Waals surface area (Å²) in [6.45, 7) is 0.425. The summed E-state index contributed by atoms with van der Waals surface area (Å²) in [5.41, 5.74) is -0.313. The maximum atomic E-state index is 11.5. The predicted octanol–water partition coefficient (Wildman–Crippen LogP) is 2.49. The van der Waals surface area contributed by atoms with Gasteiger partial charge in [0.15, 0.2) is 5.75 Å². The van der Waals surface area contributed by atoms with Crippen molar-refractivity contribution in [3.63, 3.8) is 0 Å². The number of hydrogen-bond acceptors (Lipinski definition) is 4. The summed E-state index contributed by atoms with van der Waals surface area (Å²) in [4.78, 5) is 21.8. The Kier molecular flexibility index (Phi) is 4.37. The third-order valence-corrected chi connectivity index (χ3v) is 2.84. The van der Waals surface area contributed by atoms with Gasteiger partial charge in [0.1, 0.15) is 6.61 Å². The molecule has 0 atom stereocenters. The molecule has 0 aliphatic carbocycles. The van der Waals surface area contributed by atoms with Crippen LogP contribution in [-0.2, 0) is 6.54 Å². The van der Waals surface area contributed by atoms with Gasteiger partial charge in [-0.25, -0.2) is 0 Å². The molecule has 0 spiro atoms. The topological polar surface area (TPSA) is 74.4 Å². The number of nitro groups is 1. The van der Waals surface area contributed by atoms with Gasteiger partial charge in [-0.1, -0.05) is 17.7 Å². The van der Waals surface area contributed by atoms with Crippen LogP contribution >= 0.6 is 11.6 Å². The molecule has 0 bridgehead atoms. The van der Waals surface area contributed by atoms with Crippen LogP contribution in [0.15, 0.2) is 47.4 Å². The zero-order valence-corrected chi connectivity index (χ0v) is 11.1. The Hall–Kier alpha value is -2.34. The first kappa shape index (κ1) is 14.1. The quantitative estimate of drug-likeness (QED) is 0.627. The van der Waals surface area contributed by atoms with E-state index in [1.54, 1.807) is 18.3 Å². The van der Waals surface area contributed by atoms with E-state index < -0.39 is 4.92 Å². The average Bonchev–Trinajstić information content (AvgIpc) is 2.41. The number of rotatable bonds is 5. The van der Waals surface area contributed by atoms with Crippen molar-refractivity contribution in [3.05, 3.63) is 68.1 Å². The molecule has 0 unspecified atom stereocenters. The van der Waals surface area contributed by atoms with Crippen molar-refractivity contribution in [2.75, 3.05) is 6.61 Å². The van der Waals surface area contributed by atoms with Crippen molar-refractivity contribution in [1.82, 2.24) is 4.57 Å². The second-order valence-electron chi connectivity index (χ2n) is 3.95. The van der Waals surface area contributed by atoms with Crippen LogP contribution in [0.2, 0.25) is 5.02 Å². The fourth-order valence-corrected chi connectivity index (χ4v) is 1.82. The highest BCUT2D eigenvalue weighted by atomic mass is 35.5. The van der Waals surface area contributed by atoms with E-state index in [-0.39, 0.29) is 23.6 Å². The molecular formula is C13H11ClN2O4. The Morgan fingerprint density at radius 2 is 2.10 bits per heavy atom. The highest BCUT2D eigenvalue weighted by Gasteiger charge is 2.15. The standard InChI is InChI=1S/C13H11ClN2O4/c14-10-4-5-11(16(18)19)12(9-10)20-8-7-15-6-2-1-3-13(15)17/h1-6,9H,7-8H2. The van der Waals surface area contributed by atoms with Crippen molar-refractivity contribution in [3.8, 4) is 5.75 Å². The summed E-state index contributed by atoms with van der Waals surface area (Å²) in [5, 5.41) is 11.2. The van der Waals surface area contributed by atoms with Crippen LogP contribution < -0.4 is 10.3 Å². The summed E-state index contributed by atoms with van der Waals surface area (Å²) in [7, 11) is 0. The number of aromatic nitrogens is 1. The molecule has 0 saturated heterocycles. The summed E-state index contributed by atoms with van der Waals surface area (Å²) in [6, 6.07) is 8.89. The minimum atomic E-state index is -0.541. The molecular weight excluding hydrogens is 284 g/mol. The molecule has 7 heteroatoms. The lowest BCUT2D eigenvalue weighted by Gasteiger charge is -2.08. The van der Waals surface area contributed by atoms with E-state index in [1.807, 2.05) is 0 Å². The highest BCUT2D eigenvalue weighted by Crippen LogP contribution is 2.29. The van der Waals surface area contributed by atoms with E-state index in [4.69, 9.17) is 16.3 Å². The van der Waals surface area contributed by atoms with Crippen LogP contribution in [0.5, 0.6) is 5.75 Å². The number of benzene rings is 1.